The van der Waals surface area contributed by atoms with Crippen LogP contribution in [0.2, 0.25) is 0 Å². The summed E-state index contributed by atoms with van der Waals surface area (Å²) >= 11 is 0. The normalized spacial score (nSPS) is 10.6. The van der Waals surface area contributed by atoms with Crippen molar-refractivity contribution in [1.29, 1.82) is 10.5 Å². The van der Waals surface area contributed by atoms with E-state index in [9.17, 15) is 0 Å². The highest BCUT2D eigenvalue weighted by Gasteiger charge is 2.02. The van der Waals surface area contributed by atoms with Crippen LogP contribution in [0.25, 0.3) is 0 Å². The highest BCUT2D eigenvalue weighted by molar-refractivity contribution is 5.19. The van der Waals surface area contributed by atoms with Crippen LogP contribution in [-0.4, -0.2) is 0 Å². The van der Waals surface area contributed by atoms with E-state index in [2.05, 4.69) is 13.2 Å². The van der Waals surface area contributed by atoms with Crippen LogP contribution in [0.15, 0.2) is 24.8 Å². The van der Waals surface area contributed by atoms with Crippen molar-refractivity contribution in [2.75, 3.05) is 0 Å². The SMILES string of the molecule is C=CC(C#N)CC(=C)C#N. The van der Waals surface area contributed by atoms with Crippen LogP contribution in [0.5, 0.6) is 0 Å². The lowest BCUT2D eigenvalue weighted by Gasteiger charge is -1.97. The maximum Gasteiger partial charge on any atom is 0.0941 e. The molecular formula is C8H8N2. The molecule has 0 heterocycles. The molecule has 2 nitrogen and oxygen atoms in total. The fourth-order valence-corrected chi connectivity index (χ4v) is 0.493. The average Bonchev–Trinajstić information content (AvgIpc) is 1.99. The number of nitrogens with zero attached hydrogens (tertiary/aromatic N) is 2. The second-order valence-electron chi connectivity index (χ2n) is 1.89. The summed E-state index contributed by atoms with van der Waals surface area (Å²) in [7, 11) is 0. The minimum Gasteiger partial charge on any atom is -0.198 e. The number of hydrogen-bond acceptors (Lipinski definition) is 2. The van der Waals surface area contributed by atoms with Gasteiger partial charge in [0.1, 0.15) is 0 Å². The Balaban J connectivity index is 3.92. The summed E-state index contributed by atoms with van der Waals surface area (Å²) in [6, 6.07) is 3.86. The first-order valence-electron chi connectivity index (χ1n) is 2.84. The molecule has 0 N–H and O–H groups in total. The van der Waals surface area contributed by atoms with E-state index in [1.165, 1.54) is 6.08 Å². The zero-order valence-corrected chi connectivity index (χ0v) is 5.67. The zero-order chi connectivity index (χ0) is 7.98. The molecule has 0 fully saturated rings. The Kier molecular flexibility index (Phi) is 3.68. The Labute approximate surface area is 60.7 Å². The van der Waals surface area contributed by atoms with Crippen LogP contribution in [0.4, 0.5) is 0 Å². The van der Waals surface area contributed by atoms with Crippen molar-refractivity contribution in [2.24, 2.45) is 5.92 Å². The highest BCUT2D eigenvalue weighted by Crippen LogP contribution is 2.08. The number of rotatable bonds is 3. The van der Waals surface area contributed by atoms with Gasteiger partial charge >= 0.3 is 0 Å². The monoisotopic (exact) mass is 132 g/mol. The maximum absolute atomic E-state index is 8.40. The van der Waals surface area contributed by atoms with Crippen molar-refractivity contribution in [2.45, 2.75) is 6.42 Å². The molecule has 0 rings (SSSR count). The molecule has 0 bridgehead atoms. The summed E-state index contributed by atoms with van der Waals surface area (Å²) in [6.07, 6.45) is 1.92. The molecule has 0 spiro atoms. The Hall–Kier alpha value is -1.54. The van der Waals surface area contributed by atoms with Crippen molar-refractivity contribution in [3.05, 3.63) is 24.8 Å². The van der Waals surface area contributed by atoms with Crippen LogP contribution in [-0.2, 0) is 0 Å². The lowest BCUT2D eigenvalue weighted by atomic mass is 10.0. The highest BCUT2D eigenvalue weighted by atomic mass is 14.3. The summed E-state index contributed by atoms with van der Waals surface area (Å²) in [5.74, 6) is -0.271. The smallest absolute Gasteiger partial charge is 0.0941 e. The molecule has 10 heavy (non-hydrogen) atoms. The van der Waals surface area contributed by atoms with Crippen LogP contribution in [0.1, 0.15) is 6.42 Å². The van der Waals surface area contributed by atoms with Gasteiger partial charge in [0.15, 0.2) is 0 Å². The molecular weight excluding hydrogens is 124 g/mol. The van der Waals surface area contributed by atoms with Gasteiger partial charge in [-0.3, -0.25) is 0 Å². The van der Waals surface area contributed by atoms with E-state index in [0.29, 0.717) is 12.0 Å². The molecule has 0 aromatic rings. The van der Waals surface area contributed by atoms with Crippen molar-refractivity contribution in [1.82, 2.24) is 0 Å². The lowest BCUT2D eigenvalue weighted by Crippen LogP contribution is -1.91. The minimum absolute atomic E-state index is 0.271. The Morgan fingerprint density at radius 2 is 2.20 bits per heavy atom. The van der Waals surface area contributed by atoms with Crippen molar-refractivity contribution >= 4 is 0 Å². The van der Waals surface area contributed by atoms with E-state index < -0.39 is 0 Å². The molecule has 0 saturated carbocycles. The van der Waals surface area contributed by atoms with E-state index in [4.69, 9.17) is 10.5 Å². The standard InChI is InChI=1S/C8H8N2/c1-3-8(6-10)4-7(2)5-9/h3,8H,1-2,4H2. The molecule has 0 aromatic carbocycles. The quantitative estimate of drug-likeness (QED) is 0.434. The lowest BCUT2D eigenvalue weighted by molar-refractivity contribution is 0.830. The second kappa shape index (κ2) is 4.35. The van der Waals surface area contributed by atoms with Gasteiger partial charge in [-0.25, -0.2) is 0 Å². The third-order valence-electron chi connectivity index (χ3n) is 1.07. The number of hydrogen-bond donors (Lipinski definition) is 0. The molecule has 0 aromatic heterocycles. The largest absolute Gasteiger partial charge is 0.198 e. The first kappa shape index (κ1) is 8.46. The molecule has 1 atom stereocenters. The van der Waals surface area contributed by atoms with Crippen molar-refractivity contribution in [3.63, 3.8) is 0 Å². The Bertz CT molecular complexity index is 214. The van der Waals surface area contributed by atoms with Gasteiger partial charge < -0.3 is 0 Å². The molecule has 2 heteroatoms. The predicted molar refractivity (Wildman–Crippen MR) is 38.7 cm³/mol. The van der Waals surface area contributed by atoms with E-state index in [1.807, 2.05) is 12.1 Å². The second-order valence-corrected chi connectivity index (χ2v) is 1.89. The first-order chi connectivity index (χ1) is 4.74. The predicted octanol–water partition coefficient (Wildman–Crippen LogP) is 1.78. The molecule has 50 valence electrons. The molecule has 1 unspecified atom stereocenters. The van der Waals surface area contributed by atoms with Gasteiger partial charge in [-0.15, -0.1) is 6.58 Å². The van der Waals surface area contributed by atoms with Gasteiger partial charge in [-0.2, -0.15) is 10.5 Å². The Morgan fingerprint density at radius 3 is 2.50 bits per heavy atom. The third-order valence-corrected chi connectivity index (χ3v) is 1.07. The molecule has 0 radical (unpaired) electrons. The molecule has 0 aliphatic rings. The van der Waals surface area contributed by atoms with Crippen LogP contribution >= 0.6 is 0 Å². The Morgan fingerprint density at radius 1 is 1.60 bits per heavy atom. The van der Waals surface area contributed by atoms with Gasteiger partial charge in [0.25, 0.3) is 0 Å². The molecule has 0 amide bonds. The number of nitriles is 2. The van der Waals surface area contributed by atoms with Crippen LogP contribution in [0.3, 0.4) is 0 Å². The van der Waals surface area contributed by atoms with Gasteiger partial charge in [0.05, 0.1) is 18.1 Å². The van der Waals surface area contributed by atoms with Crippen LogP contribution in [0, 0.1) is 28.6 Å². The van der Waals surface area contributed by atoms with Crippen molar-refractivity contribution in [3.8, 4) is 12.1 Å². The minimum atomic E-state index is -0.271. The van der Waals surface area contributed by atoms with E-state index >= 15 is 0 Å². The summed E-state index contributed by atoms with van der Waals surface area (Å²) in [5.41, 5.74) is 0.423. The third kappa shape index (κ3) is 2.69. The van der Waals surface area contributed by atoms with Gasteiger partial charge in [0.2, 0.25) is 0 Å². The van der Waals surface area contributed by atoms with E-state index in [1.54, 1.807) is 0 Å². The fourth-order valence-electron chi connectivity index (χ4n) is 0.493. The topological polar surface area (TPSA) is 47.6 Å². The van der Waals surface area contributed by atoms with E-state index in [-0.39, 0.29) is 5.92 Å². The number of allylic oxidation sites excluding steroid dienone is 2. The summed E-state index contributed by atoms with van der Waals surface area (Å²) in [4.78, 5) is 0. The maximum atomic E-state index is 8.40. The molecule has 0 aliphatic heterocycles. The molecule has 0 aliphatic carbocycles. The summed E-state index contributed by atoms with van der Waals surface area (Å²) in [5, 5.41) is 16.7. The average molecular weight is 132 g/mol. The fraction of sp³-hybridized carbons (Fsp3) is 0.250. The molecule has 0 saturated heterocycles. The summed E-state index contributed by atoms with van der Waals surface area (Å²) in [6.45, 7) is 6.90. The summed E-state index contributed by atoms with van der Waals surface area (Å²) < 4.78 is 0. The van der Waals surface area contributed by atoms with Gasteiger partial charge in [-0.1, -0.05) is 12.7 Å². The zero-order valence-electron chi connectivity index (χ0n) is 5.67. The van der Waals surface area contributed by atoms with Gasteiger partial charge in [-0.05, 0) is 0 Å². The van der Waals surface area contributed by atoms with E-state index in [0.717, 1.165) is 0 Å². The first-order valence-corrected chi connectivity index (χ1v) is 2.84. The van der Waals surface area contributed by atoms with Gasteiger partial charge in [0, 0.05) is 12.0 Å². The van der Waals surface area contributed by atoms with Crippen LogP contribution < -0.4 is 0 Å². The van der Waals surface area contributed by atoms with Crippen molar-refractivity contribution < 1.29 is 0 Å².